The number of hydrogen-bond donors (Lipinski definition) is 2. The minimum Gasteiger partial charge on any atom is -0.357 e. The van der Waals surface area contributed by atoms with Crippen LogP contribution in [0.15, 0.2) is 35.5 Å². The molecular formula is C21H31N5S. The van der Waals surface area contributed by atoms with Gasteiger partial charge in [0.25, 0.3) is 0 Å². The van der Waals surface area contributed by atoms with Gasteiger partial charge in [0.15, 0.2) is 5.96 Å². The number of aryl methyl sites for hydroxylation is 2. The third kappa shape index (κ3) is 5.78. The minimum atomic E-state index is 0.374. The summed E-state index contributed by atoms with van der Waals surface area (Å²) in [6.45, 7) is 11.0. The first-order valence-electron chi connectivity index (χ1n) is 9.90. The summed E-state index contributed by atoms with van der Waals surface area (Å²) in [4.78, 5) is 13.0. The van der Waals surface area contributed by atoms with Gasteiger partial charge in [0.1, 0.15) is 5.01 Å². The highest BCUT2D eigenvalue weighted by atomic mass is 32.1. The molecule has 1 unspecified atom stereocenters. The molecule has 1 aliphatic heterocycles. The van der Waals surface area contributed by atoms with Crippen LogP contribution in [0.1, 0.15) is 46.8 Å². The van der Waals surface area contributed by atoms with Crippen molar-refractivity contribution in [2.45, 2.75) is 46.2 Å². The number of aliphatic imine (C=N–C) groups is 1. The molecule has 1 fully saturated rings. The Morgan fingerprint density at radius 2 is 1.93 bits per heavy atom. The Bertz CT molecular complexity index is 731. The molecule has 0 bridgehead atoms. The largest absolute Gasteiger partial charge is 0.357 e. The summed E-state index contributed by atoms with van der Waals surface area (Å²) in [7, 11) is 0. The Labute approximate surface area is 166 Å². The van der Waals surface area contributed by atoms with Gasteiger partial charge in [0.2, 0.25) is 0 Å². The van der Waals surface area contributed by atoms with Crippen molar-refractivity contribution in [3.63, 3.8) is 0 Å². The molecule has 1 atom stereocenters. The van der Waals surface area contributed by atoms with Crippen LogP contribution in [0.2, 0.25) is 0 Å². The van der Waals surface area contributed by atoms with Gasteiger partial charge in [0.05, 0.1) is 12.6 Å². The maximum absolute atomic E-state index is 4.73. The zero-order valence-electron chi connectivity index (χ0n) is 16.7. The van der Waals surface area contributed by atoms with Crippen molar-refractivity contribution in [1.29, 1.82) is 0 Å². The van der Waals surface area contributed by atoms with Crippen molar-refractivity contribution in [2.24, 2.45) is 4.99 Å². The monoisotopic (exact) mass is 385 g/mol. The fraction of sp³-hybridized carbons (Fsp3) is 0.524. The van der Waals surface area contributed by atoms with E-state index in [1.165, 1.54) is 41.9 Å². The van der Waals surface area contributed by atoms with Gasteiger partial charge in [-0.3, -0.25) is 4.90 Å². The predicted octanol–water partition coefficient (Wildman–Crippen LogP) is 3.65. The Hall–Kier alpha value is -1.92. The van der Waals surface area contributed by atoms with Gasteiger partial charge in [-0.15, -0.1) is 11.3 Å². The van der Waals surface area contributed by atoms with Gasteiger partial charge in [-0.25, -0.2) is 9.98 Å². The lowest BCUT2D eigenvalue weighted by Crippen LogP contribution is -2.42. The number of thiazole rings is 1. The molecule has 1 aliphatic rings. The molecule has 0 amide bonds. The van der Waals surface area contributed by atoms with Crippen molar-refractivity contribution in [3.8, 4) is 0 Å². The van der Waals surface area contributed by atoms with E-state index in [0.29, 0.717) is 12.6 Å². The van der Waals surface area contributed by atoms with Crippen molar-refractivity contribution in [2.75, 3.05) is 26.2 Å². The summed E-state index contributed by atoms with van der Waals surface area (Å²) in [6, 6.07) is 9.33. The van der Waals surface area contributed by atoms with Crippen LogP contribution in [0.5, 0.6) is 0 Å². The Kier molecular flexibility index (Phi) is 7.24. The van der Waals surface area contributed by atoms with Crippen molar-refractivity contribution in [1.82, 2.24) is 20.5 Å². The van der Waals surface area contributed by atoms with Gasteiger partial charge in [0, 0.05) is 24.2 Å². The third-order valence-corrected chi connectivity index (χ3v) is 5.79. The number of guanidine groups is 1. The first-order chi connectivity index (χ1) is 13.2. The summed E-state index contributed by atoms with van der Waals surface area (Å²) in [5.74, 6) is 0.863. The Morgan fingerprint density at radius 3 is 2.56 bits per heavy atom. The third-order valence-electron chi connectivity index (χ3n) is 4.89. The molecule has 0 radical (unpaired) electrons. The molecule has 3 rings (SSSR count). The van der Waals surface area contributed by atoms with Crippen LogP contribution in [-0.2, 0) is 6.54 Å². The molecule has 5 nitrogen and oxygen atoms in total. The lowest BCUT2D eigenvalue weighted by molar-refractivity contribution is 0.245. The van der Waals surface area contributed by atoms with Crippen LogP contribution in [0.25, 0.3) is 0 Å². The van der Waals surface area contributed by atoms with Crippen molar-refractivity contribution < 1.29 is 0 Å². The van der Waals surface area contributed by atoms with Gasteiger partial charge in [-0.05, 0) is 52.3 Å². The predicted molar refractivity (Wildman–Crippen MR) is 114 cm³/mol. The lowest BCUT2D eigenvalue weighted by atomic mass is 10.0. The highest BCUT2D eigenvalue weighted by Gasteiger charge is 2.23. The van der Waals surface area contributed by atoms with E-state index in [4.69, 9.17) is 4.99 Å². The summed E-state index contributed by atoms with van der Waals surface area (Å²) in [6.07, 6.45) is 4.50. The molecule has 146 valence electrons. The number of likely N-dealkylation sites (tertiary alicyclic amines) is 1. The normalized spacial score (nSPS) is 16.5. The van der Waals surface area contributed by atoms with Crippen LogP contribution < -0.4 is 10.6 Å². The molecule has 0 spiro atoms. The number of nitrogens with zero attached hydrogens (tertiary/aromatic N) is 3. The van der Waals surface area contributed by atoms with Crippen molar-refractivity contribution in [3.05, 3.63) is 51.5 Å². The average Bonchev–Trinajstić information content (AvgIpc) is 3.33. The molecular weight excluding hydrogens is 354 g/mol. The van der Waals surface area contributed by atoms with Gasteiger partial charge >= 0.3 is 0 Å². The van der Waals surface area contributed by atoms with Gasteiger partial charge in [-0.2, -0.15) is 0 Å². The van der Waals surface area contributed by atoms with Crippen molar-refractivity contribution >= 4 is 17.3 Å². The van der Waals surface area contributed by atoms with Crippen LogP contribution in [0.4, 0.5) is 0 Å². The van der Waals surface area contributed by atoms with Crippen LogP contribution in [0, 0.1) is 13.8 Å². The fourth-order valence-corrected chi connectivity index (χ4v) is 4.17. The van der Waals surface area contributed by atoms with E-state index in [9.17, 15) is 0 Å². The standard InChI is InChI=1S/C21H31N5S/c1-4-22-21(25-15-20-23-13-17(3)27-20)24-14-19(26-11-5-6-12-26)18-9-7-16(2)8-10-18/h7-10,13,19H,4-6,11-12,14-15H2,1-3H3,(H2,22,24,25). The molecule has 1 saturated heterocycles. The number of nitrogens with one attached hydrogen (secondary N) is 2. The molecule has 2 heterocycles. The fourth-order valence-electron chi connectivity index (χ4n) is 3.46. The van der Waals surface area contributed by atoms with E-state index in [1.54, 1.807) is 11.3 Å². The van der Waals surface area contributed by atoms with Crippen LogP contribution in [-0.4, -0.2) is 42.0 Å². The Balaban J connectivity index is 1.68. The van der Waals surface area contributed by atoms with Gasteiger partial charge in [-0.1, -0.05) is 29.8 Å². The summed E-state index contributed by atoms with van der Waals surface area (Å²) in [5.41, 5.74) is 2.68. The second-order valence-electron chi connectivity index (χ2n) is 7.11. The first-order valence-corrected chi connectivity index (χ1v) is 10.7. The number of hydrogen-bond acceptors (Lipinski definition) is 4. The van der Waals surface area contributed by atoms with Gasteiger partial charge < -0.3 is 10.6 Å². The average molecular weight is 386 g/mol. The lowest BCUT2D eigenvalue weighted by Gasteiger charge is -2.29. The summed E-state index contributed by atoms with van der Waals surface area (Å²) < 4.78 is 0. The van der Waals surface area contributed by atoms with Crippen LogP contribution in [0.3, 0.4) is 0 Å². The zero-order valence-corrected chi connectivity index (χ0v) is 17.5. The summed E-state index contributed by atoms with van der Waals surface area (Å²) in [5, 5.41) is 7.98. The van der Waals surface area contributed by atoms with E-state index >= 15 is 0 Å². The first kappa shape index (κ1) is 19.8. The molecule has 2 aromatic rings. The molecule has 2 N–H and O–H groups in total. The highest BCUT2D eigenvalue weighted by molar-refractivity contribution is 7.11. The molecule has 27 heavy (non-hydrogen) atoms. The zero-order chi connectivity index (χ0) is 19.1. The van der Waals surface area contributed by atoms with E-state index in [2.05, 4.69) is 65.6 Å². The van der Waals surface area contributed by atoms with E-state index < -0.39 is 0 Å². The number of benzene rings is 1. The second-order valence-corrected chi connectivity index (χ2v) is 8.43. The number of rotatable bonds is 7. The van der Waals surface area contributed by atoms with E-state index in [-0.39, 0.29) is 0 Å². The molecule has 1 aromatic carbocycles. The maximum Gasteiger partial charge on any atom is 0.191 e. The molecule has 0 aliphatic carbocycles. The summed E-state index contributed by atoms with van der Waals surface area (Å²) >= 11 is 1.71. The van der Waals surface area contributed by atoms with Crippen LogP contribution >= 0.6 is 11.3 Å². The minimum absolute atomic E-state index is 0.374. The SMILES string of the molecule is CCNC(=NCc1ncc(C)s1)NCC(c1ccc(C)cc1)N1CCCC1. The smallest absolute Gasteiger partial charge is 0.191 e. The van der Waals surface area contributed by atoms with E-state index in [1.807, 2.05) is 6.20 Å². The maximum atomic E-state index is 4.73. The van der Waals surface area contributed by atoms with E-state index in [0.717, 1.165) is 24.1 Å². The molecule has 6 heteroatoms. The number of aromatic nitrogens is 1. The molecule has 0 saturated carbocycles. The Morgan fingerprint density at radius 1 is 1.19 bits per heavy atom. The second kappa shape index (κ2) is 9.85. The highest BCUT2D eigenvalue weighted by Crippen LogP contribution is 2.25. The quantitative estimate of drug-likeness (QED) is 0.564. The molecule has 1 aromatic heterocycles. The topological polar surface area (TPSA) is 52.6 Å².